The van der Waals surface area contributed by atoms with Crippen molar-refractivity contribution in [1.82, 2.24) is 59.8 Å². The Labute approximate surface area is 728 Å². The lowest BCUT2D eigenvalue weighted by atomic mass is 10.1. The third kappa shape index (κ3) is 22.3. The summed E-state index contributed by atoms with van der Waals surface area (Å²) in [6, 6.07) is 85.2. The fraction of sp³-hybridized carbons (Fsp3) is 0.0729. The summed E-state index contributed by atoms with van der Waals surface area (Å²) in [5, 5.41) is 42.0. The average molecular weight is 1710 g/mol. The van der Waals surface area contributed by atoms with Crippen LogP contribution in [0.25, 0.3) is 137 Å². The Hall–Kier alpha value is -17.4. The number of carbonyl (C=O) groups is 5. The molecule has 632 valence electrons. The molecule has 31 heteroatoms. The topological polar surface area (TPSA) is 451 Å². The second-order valence-corrected chi connectivity index (χ2v) is 27.6. The number of methoxy groups -OCH3 is 5. The summed E-state index contributed by atoms with van der Waals surface area (Å²) in [6.45, 7) is 3.65. The maximum Gasteiger partial charge on any atom is 0.337 e. The van der Waals surface area contributed by atoms with Crippen LogP contribution in [-0.2, 0) is 34.2 Å². The monoisotopic (exact) mass is 1710 g/mol. The molecule has 127 heavy (non-hydrogen) atoms. The number of rotatable bonds is 17. The molecule has 0 saturated heterocycles. The molecule has 16 aromatic rings. The summed E-state index contributed by atoms with van der Waals surface area (Å²) in [4.78, 5) is 114. The van der Waals surface area contributed by atoms with Gasteiger partial charge in [0.05, 0.1) is 91.3 Å². The van der Waals surface area contributed by atoms with Crippen LogP contribution >= 0.6 is 0 Å². The minimum atomic E-state index is -2.61. The van der Waals surface area contributed by atoms with Crippen LogP contribution in [0, 0.1) is 18.6 Å². The van der Waals surface area contributed by atoms with Gasteiger partial charge in [-0.25, -0.2) is 83.8 Å². The van der Waals surface area contributed by atoms with Crippen LogP contribution in [-0.4, -0.2) is 154 Å². The molecule has 0 fully saturated rings. The van der Waals surface area contributed by atoms with E-state index in [9.17, 15) is 44.4 Å². The van der Waals surface area contributed by atoms with Crippen molar-refractivity contribution in [3.8, 4) is 160 Å². The summed E-state index contributed by atoms with van der Waals surface area (Å²) in [5.74, 6) is 2.50. The predicted molar refractivity (Wildman–Crippen MR) is 473 cm³/mol. The van der Waals surface area contributed by atoms with Crippen molar-refractivity contribution in [2.75, 3.05) is 41.3 Å². The fourth-order valence-corrected chi connectivity index (χ4v) is 12.2. The second-order valence-electron chi connectivity index (χ2n) is 27.1. The first-order valence-electron chi connectivity index (χ1n) is 38.3. The Morgan fingerprint density at radius 3 is 0.717 bits per heavy atom. The van der Waals surface area contributed by atoms with Crippen LogP contribution in [0.15, 0.2) is 291 Å². The van der Waals surface area contributed by atoms with Crippen LogP contribution in [0.4, 0.5) is 5.69 Å². The molecule has 12 aromatic carbocycles. The zero-order chi connectivity index (χ0) is 90.2. The molecule has 0 aliphatic heterocycles. The molecular weight excluding hydrogens is 1640 g/mol. The lowest BCUT2D eigenvalue weighted by Crippen LogP contribution is -2.04. The van der Waals surface area contributed by atoms with E-state index >= 15 is 0 Å². The Morgan fingerprint density at radius 2 is 0.465 bits per heavy atom. The number of phenols is 4. The number of carbonyl (C=O) groups excluding carboxylic acids is 5. The van der Waals surface area contributed by atoms with Crippen molar-refractivity contribution in [3.63, 3.8) is 0 Å². The Kier molecular flexibility index (Phi) is 29.2. The van der Waals surface area contributed by atoms with Crippen LogP contribution in [0.3, 0.4) is 0 Å². The number of nitrogens with one attached hydrogen (secondary N) is 1. The molecule has 4 heterocycles. The van der Waals surface area contributed by atoms with E-state index in [0.29, 0.717) is 114 Å². The SMILES string of the molecule is COC(=O)c1ccc(-c2nc(-c3ccccc3)nc(-c3cc(C(=O)OC)ccc3O)n2)cc1.COC(=O)c1ccc(-c2nc(-c3ccccc3)nc(-c3cccc(C)c3O)n2)cc1.COC(=O)c1ccc(-c2nc(-c3ccccc3)nc(-c3cccc(C)c3O)n2)cc1.COC(=O)c1ccc(-c2nc(-c3ccccc3)nc(-c3cccc(N)c3O)n2)cc1.N=S(=O)=O. The van der Waals surface area contributed by atoms with Gasteiger partial charge in [0.15, 0.2) is 69.9 Å². The molecule has 0 spiro atoms. The van der Waals surface area contributed by atoms with Crippen LogP contribution in [0.1, 0.15) is 62.9 Å². The first-order chi connectivity index (χ1) is 61.4. The molecule has 4 aromatic heterocycles. The van der Waals surface area contributed by atoms with Gasteiger partial charge in [-0.2, -0.15) is 13.2 Å². The summed E-state index contributed by atoms with van der Waals surface area (Å²) < 4.78 is 46.6. The van der Waals surface area contributed by atoms with E-state index in [4.69, 9.17) is 42.6 Å². The summed E-state index contributed by atoms with van der Waals surface area (Å²) in [5.41, 5.74) is 17.2. The fourth-order valence-electron chi connectivity index (χ4n) is 12.2. The number of hydrogen-bond donors (Lipinski definition) is 6. The highest BCUT2D eigenvalue weighted by molar-refractivity contribution is 7.60. The molecule has 30 nitrogen and oxygen atoms in total. The number of aromatic nitrogens is 12. The van der Waals surface area contributed by atoms with E-state index in [-0.39, 0.29) is 45.6 Å². The first-order valence-corrected chi connectivity index (χ1v) is 39.4. The van der Waals surface area contributed by atoms with Gasteiger partial charge in [0.2, 0.25) is 0 Å². The van der Waals surface area contributed by atoms with Gasteiger partial charge in [-0.15, -0.1) is 0 Å². The molecular formula is C96H76N14O16S. The van der Waals surface area contributed by atoms with Crippen molar-refractivity contribution < 1.29 is 76.5 Å². The normalized spacial score (nSPS) is 10.4. The van der Waals surface area contributed by atoms with Crippen LogP contribution < -0.4 is 5.73 Å². The van der Waals surface area contributed by atoms with E-state index in [1.54, 1.807) is 127 Å². The van der Waals surface area contributed by atoms with E-state index in [2.05, 4.69) is 59.8 Å². The number of para-hydroxylation sites is 3. The molecule has 0 aliphatic rings. The van der Waals surface area contributed by atoms with Gasteiger partial charge in [-0.3, -0.25) is 0 Å². The number of phenolic OH excluding ortho intramolecular Hbond substituents is 4. The van der Waals surface area contributed by atoms with Crippen LogP contribution in [0.2, 0.25) is 0 Å². The largest absolute Gasteiger partial charge is 0.507 e. The maximum absolute atomic E-state index is 12.0. The third-order valence-corrected chi connectivity index (χ3v) is 18.9. The van der Waals surface area contributed by atoms with Crippen molar-refractivity contribution in [2.45, 2.75) is 13.8 Å². The molecule has 0 saturated carbocycles. The molecule has 7 N–H and O–H groups in total. The number of aromatic hydroxyl groups is 4. The quantitative estimate of drug-likeness (QED) is 0.0213. The van der Waals surface area contributed by atoms with Gasteiger partial charge in [0.1, 0.15) is 23.0 Å². The lowest BCUT2D eigenvalue weighted by Gasteiger charge is -2.10. The van der Waals surface area contributed by atoms with Gasteiger partial charge >= 0.3 is 40.3 Å². The standard InChI is InChI=1S/C25H19N3O5.2C24H19N3O3.C23H18N4O3.HNO2S/c1-32-24(30)17-10-8-16(9-11-17)22-26-21(15-6-4-3-5-7-15)27-23(28-22)19-14-18(25(31)33-2)12-13-20(19)29;2*1-15-7-6-10-19(20(15)28)23-26-21(16-8-4-3-5-9-16)25-22(27-23)17-11-13-18(14-12-17)24(29)30-2;1-30-23(29)16-12-10-15(11-13-16)21-25-20(14-6-3-2-4-7-14)26-22(27-21)17-8-5-9-18(24)19(17)28;1-4(2)3/h3-14,29H,1-2H3;2*3-14,28H,1-2H3;2-13,28H,24H2,1H3;1H. The second kappa shape index (κ2) is 41.8. The Morgan fingerprint density at radius 1 is 0.260 bits per heavy atom. The van der Waals surface area contributed by atoms with Gasteiger partial charge in [-0.1, -0.05) is 200 Å². The number of nitrogens with zero attached hydrogens (tertiary/aromatic N) is 12. The number of nitrogens with two attached hydrogens (primary N) is 1. The molecule has 0 unspecified atom stereocenters. The minimum absolute atomic E-state index is 0.0882. The maximum atomic E-state index is 12.0. The number of hydrogen-bond acceptors (Lipinski definition) is 30. The third-order valence-electron chi connectivity index (χ3n) is 18.9. The summed E-state index contributed by atoms with van der Waals surface area (Å²) in [7, 11) is 4.00. The van der Waals surface area contributed by atoms with Gasteiger partial charge in [-0.05, 0) is 116 Å². The lowest BCUT2D eigenvalue weighted by molar-refractivity contribution is 0.0592. The molecule has 16 rings (SSSR count). The first kappa shape index (κ1) is 88.9. The van der Waals surface area contributed by atoms with E-state index in [1.807, 2.05) is 159 Å². The molecule has 0 atom stereocenters. The zero-order valence-electron chi connectivity index (χ0n) is 68.8. The van der Waals surface area contributed by atoms with Crippen LogP contribution in [0.5, 0.6) is 23.0 Å². The number of benzene rings is 12. The van der Waals surface area contributed by atoms with E-state index < -0.39 is 40.3 Å². The number of nitrogen functional groups attached to an aromatic ring is 1. The van der Waals surface area contributed by atoms with Crippen molar-refractivity contribution in [3.05, 3.63) is 330 Å². The summed E-state index contributed by atoms with van der Waals surface area (Å²) >= 11 is 0. The zero-order valence-corrected chi connectivity index (χ0v) is 69.6. The smallest absolute Gasteiger partial charge is 0.337 e. The van der Waals surface area contributed by atoms with Gasteiger partial charge in [0, 0.05) is 44.5 Å². The van der Waals surface area contributed by atoms with Crippen molar-refractivity contribution >= 4 is 46.0 Å². The number of anilines is 1. The summed E-state index contributed by atoms with van der Waals surface area (Å²) in [6.07, 6.45) is 0. The Bertz CT molecular complexity index is 6340. The van der Waals surface area contributed by atoms with Gasteiger partial charge in [0.25, 0.3) is 0 Å². The number of aryl methyl sites for hydroxylation is 2. The van der Waals surface area contributed by atoms with Crippen molar-refractivity contribution in [1.29, 1.82) is 4.78 Å². The minimum Gasteiger partial charge on any atom is -0.507 e. The predicted octanol–water partition coefficient (Wildman–Crippen LogP) is 17.1. The number of ether oxygens (including phenoxy) is 5. The van der Waals surface area contributed by atoms with E-state index in [1.165, 1.54) is 53.7 Å². The average Bonchev–Trinajstić information content (AvgIpc) is 0.799. The molecule has 0 aliphatic carbocycles. The molecule has 0 radical (unpaired) electrons. The highest BCUT2D eigenvalue weighted by atomic mass is 32.2. The van der Waals surface area contributed by atoms with Crippen molar-refractivity contribution in [2.24, 2.45) is 0 Å². The number of esters is 5. The highest BCUT2D eigenvalue weighted by Gasteiger charge is 2.23. The highest BCUT2D eigenvalue weighted by Crippen LogP contribution is 2.38. The Balaban J connectivity index is 0.000000152. The molecule has 0 bridgehead atoms. The molecule has 0 amide bonds. The van der Waals surface area contributed by atoms with Gasteiger partial charge < -0.3 is 49.8 Å². The van der Waals surface area contributed by atoms with E-state index in [0.717, 1.165) is 44.5 Å².